The van der Waals surface area contributed by atoms with Gasteiger partial charge in [-0.1, -0.05) is 26.0 Å². The van der Waals surface area contributed by atoms with Crippen molar-refractivity contribution in [3.05, 3.63) is 29.8 Å². The van der Waals surface area contributed by atoms with Crippen molar-refractivity contribution in [1.82, 2.24) is 4.90 Å². The van der Waals surface area contributed by atoms with Gasteiger partial charge in [-0.25, -0.2) is 8.42 Å². The SMILES string of the molecule is CC1CN(CCS(=O)(=O)c2cccc(C(=N)N)c2)CC1C. The lowest BCUT2D eigenvalue weighted by Gasteiger charge is -2.15. The molecule has 116 valence electrons. The second kappa shape index (κ2) is 6.15. The molecule has 0 radical (unpaired) electrons. The molecule has 1 aliphatic heterocycles. The number of nitrogens with two attached hydrogens (primary N) is 1. The summed E-state index contributed by atoms with van der Waals surface area (Å²) in [6, 6.07) is 6.32. The Hall–Kier alpha value is -1.40. The van der Waals surface area contributed by atoms with Crippen LogP contribution in [0.1, 0.15) is 19.4 Å². The standard InChI is InChI=1S/C15H23N3O2S/c1-11-9-18(10-12(11)2)6-7-21(19,20)14-5-3-4-13(8-14)15(16)17/h3-5,8,11-12H,6-7,9-10H2,1-2H3,(H3,16,17). The maximum atomic E-state index is 12.4. The van der Waals surface area contributed by atoms with Gasteiger partial charge in [-0.05, 0) is 24.0 Å². The van der Waals surface area contributed by atoms with Gasteiger partial charge in [0.25, 0.3) is 0 Å². The fraction of sp³-hybridized carbons (Fsp3) is 0.533. The minimum atomic E-state index is -3.33. The maximum Gasteiger partial charge on any atom is 0.179 e. The van der Waals surface area contributed by atoms with Crippen molar-refractivity contribution in [2.24, 2.45) is 17.6 Å². The summed E-state index contributed by atoms with van der Waals surface area (Å²) in [5.74, 6) is 1.23. The van der Waals surface area contributed by atoms with Crippen LogP contribution in [0, 0.1) is 17.2 Å². The lowest BCUT2D eigenvalue weighted by molar-refractivity contribution is 0.343. The van der Waals surface area contributed by atoms with Crippen LogP contribution in [0.3, 0.4) is 0 Å². The molecule has 1 heterocycles. The molecule has 21 heavy (non-hydrogen) atoms. The number of hydrogen-bond acceptors (Lipinski definition) is 4. The number of nitrogen functional groups attached to an aromatic ring is 1. The molecule has 2 atom stereocenters. The molecule has 1 saturated heterocycles. The van der Waals surface area contributed by atoms with Crippen molar-refractivity contribution in [2.75, 3.05) is 25.4 Å². The first-order valence-corrected chi connectivity index (χ1v) is 8.84. The first-order chi connectivity index (χ1) is 9.79. The Balaban J connectivity index is 2.05. The summed E-state index contributed by atoms with van der Waals surface area (Å²) in [5.41, 5.74) is 5.85. The highest BCUT2D eigenvalue weighted by Gasteiger charge is 2.27. The summed E-state index contributed by atoms with van der Waals surface area (Å²) in [6.07, 6.45) is 0. The summed E-state index contributed by atoms with van der Waals surface area (Å²) >= 11 is 0. The van der Waals surface area contributed by atoms with E-state index < -0.39 is 9.84 Å². The Bertz CT molecular complexity index is 618. The quantitative estimate of drug-likeness (QED) is 0.634. The van der Waals surface area contributed by atoms with Gasteiger partial charge < -0.3 is 10.6 Å². The maximum absolute atomic E-state index is 12.4. The van der Waals surface area contributed by atoms with E-state index >= 15 is 0 Å². The molecule has 0 bridgehead atoms. The van der Waals surface area contributed by atoms with Crippen LogP contribution in [0.25, 0.3) is 0 Å². The van der Waals surface area contributed by atoms with Gasteiger partial charge in [0.1, 0.15) is 5.84 Å². The number of nitrogens with one attached hydrogen (secondary N) is 1. The zero-order chi connectivity index (χ0) is 15.6. The van der Waals surface area contributed by atoms with E-state index in [0.717, 1.165) is 13.1 Å². The van der Waals surface area contributed by atoms with Crippen LogP contribution in [0.5, 0.6) is 0 Å². The van der Waals surface area contributed by atoms with Crippen LogP contribution in [-0.4, -0.2) is 44.5 Å². The normalized spacial score (nSPS) is 23.3. The van der Waals surface area contributed by atoms with Gasteiger partial charge in [0.2, 0.25) is 0 Å². The Kier molecular flexibility index (Phi) is 4.68. The van der Waals surface area contributed by atoms with E-state index in [2.05, 4.69) is 18.7 Å². The molecule has 6 heteroatoms. The average Bonchev–Trinajstić information content (AvgIpc) is 2.76. The van der Waals surface area contributed by atoms with Gasteiger partial charge in [0.15, 0.2) is 9.84 Å². The molecule has 0 aromatic heterocycles. The minimum absolute atomic E-state index is 0.105. The van der Waals surface area contributed by atoms with Crippen molar-refractivity contribution in [2.45, 2.75) is 18.7 Å². The van der Waals surface area contributed by atoms with Crippen molar-refractivity contribution in [3.63, 3.8) is 0 Å². The summed E-state index contributed by atoms with van der Waals surface area (Å²) < 4.78 is 24.8. The Morgan fingerprint density at radius 3 is 2.52 bits per heavy atom. The van der Waals surface area contributed by atoms with E-state index in [1.807, 2.05) is 0 Å². The summed E-state index contributed by atoms with van der Waals surface area (Å²) in [4.78, 5) is 2.46. The molecule has 3 N–H and O–H groups in total. The third kappa shape index (κ3) is 3.83. The topological polar surface area (TPSA) is 87.2 Å². The molecule has 0 amide bonds. The number of benzene rings is 1. The van der Waals surface area contributed by atoms with Crippen LogP contribution in [0.2, 0.25) is 0 Å². The smallest absolute Gasteiger partial charge is 0.179 e. The minimum Gasteiger partial charge on any atom is -0.384 e. The highest BCUT2D eigenvalue weighted by Crippen LogP contribution is 2.22. The number of hydrogen-bond donors (Lipinski definition) is 2. The molecule has 0 aliphatic carbocycles. The van der Waals surface area contributed by atoms with Gasteiger partial charge in [0.05, 0.1) is 10.6 Å². The second-order valence-corrected chi connectivity index (χ2v) is 8.08. The largest absolute Gasteiger partial charge is 0.384 e. The van der Waals surface area contributed by atoms with Crippen LogP contribution < -0.4 is 5.73 Å². The summed E-state index contributed by atoms with van der Waals surface area (Å²) in [6.45, 7) is 6.89. The van der Waals surface area contributed by atoms with Gasteiger partial charge in [-0.15, -0.1) is 0 Å². The number of nitrogens with zero attached hydrogens (tertiary/aromatic N) is 1. The van der Waals surface area contributed by atoms with Crippen molar-refractivity contribution < 1.29 is 8.42 Å². The van der Waals surface area contributed by atoms with Crippen LogP contribution in [0.15, 0.2) is 29.2 Å². The molecule has 2 unspecified atom stereocenters. The Labute approximate surface area is 126 Å². The first-order valence-electron chi connectivity index (χ1n) is 7.19. The van der Waals surface area contributed by atoms with Gasteiger partial charge in [0, 0.05) is 25.2 Å². The predicted octanol–water partition coefficient (Wildman–Crippen LogP) is 1.33. The van der Waals surface area contributed by atoms with E-state index in [-0.39, 0.29) is 16.5 Å². The molecular formula is C15H23N3O2S. The van der Waals surface area contributed by atoms with Crippen molar-refractivity contribution in [1.29, 1.82) is 5.41 Å². The number of rotatable bonds is 5. The van der Waals surface area contributed by atoms with Gasteiger partial charge in [-0.3, -0.25) is 5.41 Å². The second-order valence-electron chi connectivity index (χ2n) is 5.97. The number of amidine groups is 1. The lowest BCUT2D eigenvalue weighted by Crippen LogP contribution is -2.27. The van der Waals surface area contributed by atoms with Crippen LogP contribution >= 0.6 is 0 Å². The van der Waals surface area contributed by atoms with E-state index in [1.165, 1.54) is 6.07 Å². The fourth-order valence-corrected chi connectivity index (χ4v) is 3.98. The number of likely N-dealkylation sites (tertiary alicyclic amines) is 1. The number of sulfone groups is 1. The van der Waals surface area contributed by atoms with Gasteiger partial charge in [-0.2, -0.15) is 0 Å². The summed E-state index contributed by atoms with van der Waals surface area (Å²) in [5, 5.41) is 7.39. The van der Waals surface area contributed by atoms with E-state index in [9.17, 15) is 8.42 Å². The zero-order valence-corrected chi connectivity index (χ0v) is 13.4. The molecule has 1 aromatic rings. The van der Waals surface area contributed by atoms with Gasteiger partial charge >= 0.3 is 0 Å². The molecular weight excluding hydrogens is 286 g/mol. The van der Waals surface area contributed by atoms with E-state index in [0.29, 0.717) is 23.9 Å². The highest BCUT2D eigenvalue weighted by molar-refractivity contribution is 7.91. The lowest BCUT2D eigenvalue weighted by atomic mass is 10.0. The summed E-state index contributed by atoms with van der Waals surface area (Å²) in [7, 11) is -3.33. The van der Waals surface area contributed by atoms with Crippen LogP contribution in [-0.2, 0) is 9.84 Å². The first kappa shape index (κ1) is 16.0. The van der Waals surface area contributed by atoms with Crippen molar-refractivity contribution in [3.8, 4) is 0 Å². The van der Waals surface area contributed by atoms with E-state index in [4.69, 9.17) is 11.1 Å². The molecule has 2 rings (SSSR count). The van der Waals surface area contributed by atoms with E-state index in [1.54, 1.807) is 18.2 Å². The molecule has 1 aliphatic rings. The molecule has 0 spiro atoms. The molecule has 1 aromatic carbocycles. The molecule has 1 fully saturated rings. The third-order valence-corrected chi connectivity index (χ3v) is 5.94. The van der Waals surface area contributed by atoms with Crippen LogP contribution in [0.4, 0.5) is 0 Å². The Morgan fingerprint density at radius 1 is 1.33 bits per heavy atom. The Morgan fingerprint density at radius 2 is 1.95 bits per heavy atom. The highest BCUT2D eigenvalue weighted by atomic mass is 32.2. The predicted molar refractivity (Wildman–Crippen MR) is 84.3 cm³/mol. The molecule has 5 nitrogen and oxygen atoms in total. The zero-order valence-electron chi connectivity index (χ0n) is 12.5. The molecule has 0 saturated carbocycles. The average molecular weight is 309 g/mol. The fourth-order valence-electron chi connectivity index (χ4n) is 2.66. The third-order valence-electron chi connectivity index (χ3n) is 4.24. The monoisotopic (exact) mass is 309 g/mol. The van der Waals surface area contributed by atoms with Crippen molar-refractivity contribution >= 4 is 15.7 Å².